The van der Waals surface area contributed by atoms with E-state index in [0.29, 0.717) is 24.1 Å². The molecule has 1 saturated heterocycles. The molecule has 3 amide bonds. The highest BCUT2D eigenvalue weighted by atomic mass is 28.4. The summed E-state index contributed by atoms with van der Waals surface area (Å²) in [6.07, 6.45) is 3.84. The number of carbonyl (C=O) groups excluding carboxylic acids is 3. The summed E-state index contributed by atoms with van der Waals surface area (Å²) in [4.78, 5) is 41.2. The molecule has 2 heterocycles. The molecule has 8 heteroatoms. The Hall–Kier alpha value is -2.45. The fourth-order valence-electron chi connectivity index (χ4n) is 3.95. The maximum Gasteiger partial charge on any atom is 0.410 e. The lowest BCUT2D eigenvalue weighted by Gasteiger charge is -2.38. The standard InChI is InChI=1S/C26H38N2O5Si/c1-25(2,3)32-24(31)28-17-19(33-34(7,8)26(4,5)6)16-18(28)12-11-15-27-22(29)20-13-9-10-14-21(20)23(27)30/h9-14,18-19H,15-17H2,1-8H3/t18-,19-/m1/s1. The van der Waals surface area contributed by atoms with Crippen molar-refractivity contribution in [3.8, 4) is 0 Å². The molecule has 0 aromatic heterocycles. The fourth-order valence-corrected chi connectivity index (χ4v) is 5.30. The van der Waals surface area contributed by atoms with E-state index in [1.54, 1.807) is 35.2 Å². The average Bonchev–Trinajstić information content (AvgIpc) is 3.20. The summed E-state index contributed by atoms with van der Waals surface area (Å²) < 4.78 is 12.2. The first-order valence-electron chi connectivity index (χ1n) is 11.9. The van der Waals surface area contributed by atoms with E-state index in [-0.39, 0.29) is 41.6 Å². The predicted octanol–water partition coefficient (Wildman–Crippen LogP) is 5.24. The Kier molecular flexibility index (Phi) is 7.16. The van der Waals surface area contributed by atoms with Gasteiger partial charge in [0.1, 0.15) is 5.60 Å². The van der Waals surface area contributed by atoms with Gasteiger partial charge in [0.2, 0.25) is 0 Å². The molecule has 1 fully saturated rings. The first kappa shape index (κ1) is 26.2. The quantitative estimate of drug-likeness (QED) is 0.323. The second kappa shape index (κ2) is 9.30. The minimum atomic E-state index is -2.02. The fraction of sp³-hybridized carbons (Fsp3) is 0.577. The van der Waals surface area contributed by atoms with Crippen LogP contribution in [0.1, 0.15) is 68.7 Å². The van der Waals surface area contributed by atoms with Crippen LogP contribution in [0.25, 0.3) is 0 Å². The van der Waals surface area contributed by atoms with Crippen molar-refractivity contribution in [1.29, 1.82) is 0 Å². The summed E-state index contributed by atoms with van der Waals surface area (Å²) in [7, 11) is -2.02. The molecule has 2 aliphatic rings. The van der Waals surface area contributed by atoms with Gasteiger partial charge in [0.25, 0.3) is 11.8 Å². The van der Waals surface area contributed by atoms with Crippen molar-refractivity contribution in [3.05, 3.63) is 47.5 Å². The van der Waals surface area contributed by atoms with E-state index in [1.165, 1.54) is 4.90 Å². The molecule has 0 unspecified atom stereocenters. The van der Waals surface area contributed by atoms with Crippen LogP contribution < -0.4 is 0 Å². The van der Waals surface area contributed by atoms with Gasteiger partial charge in [-0.15, -0.1) is 0 Å². The lowest BCUT2D eigenvalue weighted by molar-refractivity contribution is 0.0236. The smallest absolute Gasteiger partial charge is 0.410 e. The molecule has 0 bridgehead atoms. The molecule has 2 aliphatic heterocycles. The Morgan fingerprint density at radius 3 is 2.12 bits per heavy atom. The highest BCUT2D eigenvalue weighted by molar-refractivity contribution is 6.74. The maximum absolute atomic E-state index is 13.0. The van der Waals surface area contributed by atoms with E-state index in [0.717, 1.165) is 0 Å². The van der Waals surface area contributed by atoms with Crippen molar-refractivity contribution < 1.29 is 23.5 Å². The highest BCUT2D eigenvalue weighted by Gasteiger charge is 2.44. The van der Waals surface area contributed by atoms with Gasteiger partial charge in [0.05, 0.1) is 23.3 Å². The van der Waals surface area contributed by atoms with Crippen molar-refractivity contribution in [2.24, 2.45) is 0 Å². The summed E-state index contributed by atoms with van der Waals surface area (Å²) in [6.45, 7) is 17.1. The van der Waals surface area contributed by atoms with Crippen molar-refractivity contribution >= 4 is 26.2 Å². The largest absolute Gasteiger partial charge is 0.444 e. The van der Waals surface area contributed by atoms with E-state index < -0.39 is 13.9 Å². The molecule has 2 atom stereocenters. The van der Waals surface area contributed by atoms with Gasteiger partial charge in [-0.1, -0.05) is 45.1 Å². The number of ether oxygens (including phenoxy) is 1. The number of benzene rings is 1. The van der Waals surface area contributed by atoms with Crippen LogP contribution in [0.3, 0.4) is 0 Å². The first-order chi connectivity index (χ1) is 15.6. The van der Waals surface area contributed by atoms with Crippen LogP contribution in [-0.4, -0.2) is 66.9 Å². The van der Waals surface area contributed by atoms with E-state index in [4.69, 9.17) is 9.16 Å². The minimum Gasteiger partial charge on any atom is -0.444 e. The predicted molar refractivity (Wildman–Crippen MR) is 134 cm³/mol. The molecule has 0 saturated carbocycles. The van der Waals surface area contributed by atoms with Crippen molar-refractivity contribution in [2.45, 2.75) is 83.8 Å². The summed E-state index contributed by atoms with van der Waals surface area (Å²) in [6, 6.07) is 6.61. The second-order valence-corrected chi connectivity index (χ2v) is 16.4. The lowest BCUT2D eigenvalue weighted by Crippen LogP contribution is -2.45. The second-order valence-electron chi connectivity index (χ2n) is 11.6. The van der Waals surface area contributed by atoms with E-state index in [9.17, 15) is 14.4 Å². The van der Waals surface area contributed by atoms with Crippen LogP contribution >= 0.6 is 0 Å². The van der Waals surface area contributed by atoms with Gasteiger partial charge >= 0.3 is 6.09 Å². The van der Waals surface area contributed by atoms with Crippen LogP contribution in [0.2, 0.25) is 18.1 Å². The van der Waals surface area contributed by atoms with Crippen molar-refractivity contribution in [2.75, 3.05) is 13.1 Å². The zero-order chi connectivity index (χ0) is 25.5. The van der Waals surface area contributed by atoms with Crippen LogP contribution in [0.5, 0.6) is 0 Å². The molecular formula is C26H38N2O5Si. The van der Waals surface area contributed by atoms with E-state index >= 15 is 0 Å². The Labute approximate surface area is 204 Å². The number of fused-ring (bicyclic) bond motifs is 1. The molecule has 1 aromatic rings. The third-order valence-electron chi connectivity index (χ3n) is 6.72. The number of carbonyl (C=O) groups is 3. The number of imide groups is 1. The minimum absolute atomic E-state index is 0.0587. The van der Waals surface area contributed by atoms with Crippen LogP contribution in [-0.2, 0) is 9.16 Å². The summed E-state index contributed by atoms with van der Waals surface area (Å²) in [5, 5.41) is 0.0587. The van der Waals surface area contributed by atoms with Gasteiger partial charge in [-0.25, -0.2) is 4.79 Å². The topological polar surface area (TPSA) is 76.2 Å². The third-order valence-corrected chi connectivity index (χ3v) is 11.3. The normalized spacial score (nSPS) is 21.5. The number of amides is 3. The zero-order valence-corrected chi connectivity index (χ0v) is 22.7. The Balaban J connectivity index is 1.74. The Morgan fingerprint density at radius 2 is 1.62 bits per heavy atom. The maximum atomic E-state index is 13.0. The third kappa shape index (κ3) is 5.60. The monoisotopic (exact) mass is 486 g/mol. The van der Waals surface area contributed by atoms with Gasteiger partial charge in [-0.05, 0) is 57.5 Å². The van der Waals surface area contributed by atoms with Gasteiger partial charge in [0.15, 0.2) is 8.32 Å². The molecular weight excluding hydrogens is 448 g/mol. The van der Waals surface area contributed by atoms with Gasteiger partial charge in [0, 0.05) is 13.1 Å². The average molecular weight is 487 g/mol. The van der Waals surface area contributed by atoms with Gasteiger partial charge < -0.3 is 9.16 Å². The molecule has 0 N–H and O–H groups in total. The molecule has 0 radical (unpaired) electrons. The molecule has 0 spiro atoms. The number of hydrogen-bond donors (Lipinski definition) is 0. The number of nitrogens with zero attached hydrogens (tertiary/aromatic N) is 2. The van der Waals surface area contributed by atoms with Crippen molar-refractivity contribution in [1.82, 2.24) is 9.80 Å². The number of rotatable bonds is 5. The molecule has 34 heavy (non-hydrogen) atoms. The van der Waals surface area contributed by atoms with Crippen LogP contribution in [0, 0.1) is 0 Å². The van der Waals surface area contributed by atoms with Crippen LogP contribution in [0.15, 0.2) is 36.4 Å². The summed E-state index contributed by atoms with van der Waals surface area (Å²) in [5.74, 6) is -0.584. The van der Waals surface area contributed by atoms with Gasteiger partial charge in [-0.3, -0.25) is 19.4 Å². The number of likely N-dealkylation sites (tertiary alicyclic amines) is 1. The Bertz CT molecular complexity index is 955. The molecule has 186 valence electrons. The Morgan fingerprint density at radius 1 is 1.06 bits per heavy atom. The molecule has 3 rings (SSSR count). The summed E-state index contributed by atoms with van der Waals surface area (Å²) in [5.41, 5.74) is 0.254. The first-order valence-corrected chi connectivity index (χ1v) is 14.8. The number of hydrogen-bond acceptors (Lipinski definition) is 5. The zero-order valence-electron chi connectivity index (χ0n) is 21.7. The van der Waals surface area contributed by atoms with Crippen LogP contribution in [0.4, 0.5) is 4.79 Å². The molecule has 1 aromatic carbocycles. The summed E-state index contributed by atoms with van der Waals surface area (Å²) >= 11 is 0. The van der Waals surface area contributed by atoms with Gasteiger partial charge in [-0.2, -0.15) is 0 Å². The SMILES string of the molecule is CC(C)(C)OC(=O)N1C[C@H](O[Si](C)(C)C(C)(C)C)C[C@H]1C=CCN1C(=O)c2ccccc2C1=O. The van der Waals surface area contributed by atoms with E-state index in [2.05, 4.69) is 33.9 Å². The highest BCUT2D eigenvalue weighted by Crippen LogP contribution is 2.39. The molecule has 7 nitrogen and oxygen atoms in total. The lowest BCUT2D eigenvalue weighted by atomic mass is 10.1. The molecule has 0 aliphatic carbocycles. The van der Waals surface area contributed by atoms with E-state index in [1.807, 2.05) is 26.8 Å². The van der Waals surface area contributed by atoms with Crippen molar-refractivity contribution in [3.63, 3.8) is 0 Å².